The van der Waals surface area contributed by atoms with E-state index >= 15 is 0 Å². The van der Waals surface area contributed by atoms with Crippen molar-refractivity contribution in [1.82, 2.24) is 15.0 Å². The first-order valence-electron chi connectivity index (χ1n) is 8.22. The number of aryl methyl sites for hydroxylation is 1. The molecule has 0 atom stereocenters. The number of hydrogen-bond donors (Lipinski definition) is 0. The molecule has 120 valence electrons. The van der Waals surface area contributed by atoms with E-state index in [1.165, 1.54) is 11.1 Å². The van der Waals surface area contributed by atoms with E-state index < -0.39 is 0 Å². The Hall–Kier alpha value is -3.33. The third-order valence-corrected chi connectivity index (χ3v) is 4.21. The van der Waals surface area contributed by atoms with Gasteiger partial charge in [0.2, 0.25) is 0 Å². The summed E-state index contributed by atoms with van der Waals surface area (Å²) < 4.78 is 0. The molecule has 0 aliphatic rings. The SMILES string of the molecule is Cc1ccccc1-c1ccnc(-c2ncccc2-c2ccccn2)c1. The second-order valence-electron chi connectivity index (χ2n) is 5.86. The molecule has 0 fully saturated rings. The normalized spacial score (nSPS) is 10.6. The fraction of sp³-hybridized carbons (Fsp3) is 0.0455. The van der Waals surface area contributed by atoms with Crippen LogP contribution in [0.2, 0.25) is 0 Å². The first-order chi connectivity index (χ1) is 12.3. The molecular formula is C22H17N3. The number of benzene rings is 1. The van der Waals surface area contributed by atoms with Gasteiger partial charge >= 0.3 is 0 Å². The van der Waals surface area contributed by atoms with Crippen molar-refractivity contribution in [2.24, 2.45) is 0 Å². The van der Waals surface area contributed by atoms with Crippen LogP contribution in [0.5, 0.6) is 0 Å². The van der Waals surface area contributed by atoms with Gasteiger partial charge in [-0.05, 0) is 60.0 Å². The van der Waals surface area contributed by atoms with E-state index in [1.807, 2.05) is 42.6 Å². The second-order valence-corrected chi connectivity index (χ2v) is 5.86. The van der Waals surface area contributed by atoms with Gasteiger partial charge in [0, 0.05) is 24.2 Å². The van der Waals surface area contributed by atoms with Crippen molar-refractivity contribution in [1.29, 1.82) is 0 Å². The van der Waals surface area contributed by atoms with Crippen LogP contribution in [-0.2, 0) is 0 Å². The standard InChI is InChI=1S/C22H17N3/c1-16-7-2-3-8-18(16)17-11-14-24-21(15-17)22-19(9-6-13-25-22)20-10-4-5-12-23-20/h2-15H,1H3. The van der Waals surface area contributed by atoms with E-state index in [-0.39, 0.29) is 0 Å². The van der Waals surface area contributed by atoms with Crippen molar-refractivity contribution in [3.8, 4) is 33.8 Å². The van der Waals surface area contributed by atoms with E-state index in [1.54, 1.807) is 12.4 Å². The maximum Gasteiger partial charge on any atom is 0.0980 e. The lowest BCUT2D eigenvalue weighted by molar-refractivity contribution is 1.23. The molecule has 0 aliphatic carbocycles. The Labute approximate surface area is 147 Å². The van der Waals surface area contributed by atoms with Crippen molar-refractivity contribution in [2.45, 2.75) is 6.92 Å². The van der Waals surface area contributed by atoms with Crippen molar-refractivity contribution in [3.63, 3.8) is 0 Å². The van der Waals surface area contributed by atoms with E-state index in [4.69, 9.17) is 0 Å². The molecular weight excluding hydrogens is 306 g/mol. The quantitative estimate of drug-likeness (QED) is 0.521. The Balaban J connectivity index is 1.85. The van der Waals surface area contributed by atoms with Crippen LogP contribution >= 0.6 is 0 Å². The molecule has 0 amide bonds. The Morgan fingerprint density at radius 3 is 2.20 bits per heavy atom. The number of hydrogen-bond acceptors (Lipinski definition) is 3. The summed E-state index contributed by atoms with van der Waals surface area (Å²) >= 11 is 0. The van der Waals surface area contributed by atoms with E-state index in [0.29, 0.717) is 0 Å². The van der Waals surface area contributed by atoms with Crippen molar-refractivity contribution < 1.29 is 0 Å². The fourth-order valence-corrected chi connectivity index (χ4v) is 2.96. The van der Waals surface area contributed by atoms with Crippen LogP contribution in [0.1, 0.15) is 5.56 Å². The van der Waals surface area contributed by atoms with Gasteiger partial charge in [0.05, 0.1) is 17.1 Å². The minimum atomic E-state index is 0.844. The topological polar surface area (TPSA) is 38.7 Å². The number of nitrogens with zero attached hydrogens (tertiary/aromatic N) is 3. The summed E-state index contributed by atoms with van der Waals surface area (Å²) in [6.07, 6.45) is 5.43. The third kappa shape index (κ3) is 3.04. The van der Waals surface area contributed by atoms with Crippen LogP contribution < -0.4 is 0 Å². The predicted octanol–water partition coefficient (Wildman–Crippen LogP) is 5.18. The number of pyridine rings is 3. The summed E-state index contributed by atoms with van der Waals surface area (Å²) in [5.74, 6) is 0. The van der Waals surface area contributed by atoms with E-state index in [2.05, 4.69) is 52.2 Å². The van der Waals surface area contributed by atoms with Gasteiger partial charge < -0.3 is 0 Å². The lowest BCUT2D eigenvalue weighted by atomic mass is 9.99. The summed E-state index contributed by atoms with van der Waals surface area (Å²) in [5, 5.41) is 0. The van der Waals surface area contributed by atoms with Gasteiger partial charge in [-0.15, -0.1) is 0 Å². The van der Waals surface area contributed by atoms with Crippen LogP contribution in [0.15, 0.2) is 85.3 Å². The van der Waals surface area contributed by atoms with E-state index in [9.17, 15) is 0 Å². The molecule has 3 aromatic heterocycles. The number of aromatic nitrogens is 3. The molecule has 25 heavy (non-hydrogen) atoms. The highest BCUT2D eigenvalue weighted by molar-refractivity contribution is 5.79. The molecule has 0 aliphatic heterocycles. The zero-order valence-electron chi connectivity index (χ0n) is 13.9. The summed E-state index contributed by atoms with van der Waals surface area (Å²) in [7, 11) is 0. The zero-order chi connectivity index (χ0) is 17.1. The van der Waals surface area contributed by atoms with Gasteiger partial charge in [0.15, 0.2) is 0 Å². The predicted molar refractivity (Wildman–Crippen MR) is 101 cm³/mol. The van der Waals surface area contributed by atoms with Crippen LogP contribution in [0, 0.1) is 6.92 Å². The van der Waals surface area contributed by atoms with Crippen molar-refractivity contribution >= 4 is 0 Å². The Bertz CT molecular complexity index is 1010. The molecule has 1 aromatic carbocycles. The highest BCUT2D eigenvalue weighted by atomic mass is 14.8. The highest BCUT2D eigenvalue weighted by Crippen LogP contribution is 2.30. The molecule has 3 heteroatoms. The Kier molecular flexibility index (Phi) is 4.05. The van der Waals surface area contributed by atoms with Gasteiger partial charge in [-0.25, -0.2) is 0 Å². The summed E-state index contributed by atoms with van der Waals surface area (Å²) in [6, 6.07) is 22.3. The van der Waals surface area contributed by atoms with E-state index in [0.717, 1.165) is 28.2 Å². The minimum absolute atomic E-state index is 0.844. The molecule has 3 nitrogen and oxygen atoms in total. The average molecular weight is 323 g/mol. The Morgan fingerprint density at radius 1 is 0.600 bits per heavy atom. The molecule has 0 unspecified atom stereocenters. The van der Waals surface area contributed by atoms with Crippen LogP contribution in [0.3, 0.4) is 0 Å². The zero-order valence-corrected chi connectivity index (χ0v) is 13.9. The lowest BCUT2D eigenvalue weighted by Gasteiger charge is -2.10. The van der Waals surface area contributed by atoms with Gasteiger partial charge in [-0.1, -0.05) is 30.3 Å². The molecule has 4 rings (SSSR count). The lowest BCUT2D eigenvalue weighted by Crippen LogP contribution is -1.93. The molecule has 0 N–H and O–H groups in total. The molecule has 0 spiro atoms. The highest BCUT2D eigenvalue weighted by Gasteiger charge is 2.12. The molecule has 0 saturated carbocycles. The first-order valence-corrected chi connectivity index (χ1v) is 8.22. The molecule has 4 aromatic rings. The minimum Gasteiger partial charge on any atom is -0.256 e. The molecule has 0 saturated heterocycles. The number of rotatable bonds is 3. The van der Waals surface area contributed by atoms with Gasteiger partial charge in [-0.3, -0.25) is 15.0 Å². The molecule has 0 bridgehead atoms. The van der Waals surface area contributed by atoms with Gasteiger partial charge in [0.1, 0.15) is 0 Å². The van der Waals surface area contributed by atoms with Gasteiger partial charge in [-0.2, -0.15) is 0 Å². The summed E-state index contributed by atoms with van der Waals surface area (Å²) in [5.41, 5.74) is 7.16. The maximum absolute atomic E-state index is 4.58. The Morgan fingerprint density at radius 2 is 1.36 bits per heavy atom. The van der Waals surface area contributed by atoms with Gasteiger partial charge in [0.25, 0.3) is 0 Å². The molecule has 0 radical (unpaired) electrons. The third-order valence-electron chi connectivity index (χ3n) is 4.21. The second kappa shape index (κ2) is 6.65. The first kappa shape index (κ1) is 15.2. The van der Waals surface area contributed by atoms with Crippen LogP contribution in [0.4, 0.5) is 0 Å². The average Bonchev–Trinajstić information content (AvgIpc) is 2.69. The van der Waals surface area contributed by atoms with Crippen molar-refractivity contribution in [3.05, 3.63) is 90.9 Å². The summed E-state index contributed by atoms with van der Waals surface area (Å²) in [4.78, 5) is 13.6. The smallest absolute Gasteiger partial charge is 0.0980 e. The molecule has 3 heterocycles. The van der Waals surface area contributed by atoms with Crippen LogP contribution in [-0.4, -0.2) is 15.0 Å². The summed E-state index contributed by atoms with van der Waals surface area (Å²) in [6.45, 7) is 2.12. The van der Waals surface area contributed by atoms with Crippen molar-refractivity contribution in [2.75, 3.05) is 0 Å². The fourth-order valence-electron chi connectivity index (χ4n) is 2.96. The monoisotopic (exact) mass is 323 g/mol. The maximum atomic E-state index is 4.58. The largest absolute Gasteiger partial charge is 0.256 e. The van der Waals surface area contributed by atoms with Crippen LogP contribution in [0.25, 0.3) is 33.8 Å².